The van der Waals surface area contributed by atoms with Gasteiger partial charge < -0.3 is 10.4 Å². The molecule has 2 N–H and O–H groups in total. The van der Waals surface area contributed by atoms with Gasteiger partial charge in [-0.25, -0.2) is 4.79 Å². The second-order valence-electron chi connectivity index (χ2n) is 4.31. The molecule has 18 heavy (non-hydrogen) atoms. The third-order valence-electron chi connectivity index (χ3n) is 2.18. The number of carboxylic acid groups (broad SMARTS) is 1. The van der Waals surface area contributed by atoms with Crippen LogP contribution in [-0.4, -0.2) is 28.8 Å². The first-order valence-electron chi connectivity index (χ1n) is 5.67. The number of aliphatic carboxylic acids is 1. The minimum Gasteiger partial charge on any atom is -0.480 e. The molecule has 1 atom stereocenters. The van der Waals surface area contributed by atoms with Gasteiger partial charge in [0.1, 0.15) is 6.04 Å². The van der Waals surface area contributed by atoms with Crippen LogP contribution in [-0.2, 0) is 9.59 Å². The Kier molecular flexibility index (Phi) is 6.21. The largest absolute Gasteiger partial charge is 0.480 e. The summed E-state index contributed by atoms with van der Waals surface area (Å²) < 4.78 is 1.06. The van der Waals surface area contributed by atoms with Crippen molar-refractivity contribution in [3.05, 3.63) is 17.5 Å². The Labute approximate surface area is 115 Å². The number of carbonyl (C=O) groups is 2. The minimum atomic E-state index is -0.974. The van der Waals surface area contributed by atoms with Gasteiger partial charge in [-0.1, -0.05) is 19.9 Å². The van der Waals surface area contributed by atoms with Crippen molar-refractivity contribution >= 4 is 35.0 Å². The number of carbonyl (C=O) groups excluding carboxylic acids is 1. The molecule has 0 aliphatic heterocycles. The van der Waals surface area contributed by atoms with Gasteiger partial charge in [0.2, 0.25) is 5.91 Å². The Morgan fingerprint density at radius 2 is 2.22 bits per heavy atom. The predicted octanol–water partition coefficient (Wildman–Crippen LogP) is 2.46. The second-order valence-corrected chi connectivity index (χ2v) is 6.53. The molecule has 0 radical (unpaired) electrons. The fourth-order valence-electron chi connectivity index (χ4n) is 1.41. The quantitative estimate of drug-likeness (QED) is 0.756. The van der Waals surface area contributed by atoms with Crippen molar-refractivity contribution in [2.45, 2.75) is 30.5 Å². The zero-order valence-corrected chi connectivity index (χ0v) is 12.0. The van der Waals surface area contributed by atoms with Crippen LogP contribution in [0.4, 0.5) is 0 Å². The second kappa shape index (κ2) is 7.43. The average Bonchev–Trinajstić information content (AvgIpc) is 2.77. The maximum atomic E-state index is 11.6. The van der Waals surface area contributed by atoms with Crippen LogP contribution < -0.4 is 5.32 Å². The molecule has 6 heteroatoms. The lowest BCUT2D eigenvalue weighted by Crippen LogP contribution is -2.42. The Morgan fingerprint density at radius 1 is 1.50 bits per heavy atom. The van der Waals surface area contributed by atoms with E-state index in [1.807, 2.05) is 31.4 Å². The summed E-state index contributed by atoms with van der Waals surface area (Å²) >= 11 is 2.99. The van der Waals surface area contributed by atoms with Crippen LogP contribution >= 0.6 is 23.1 Å². The summed E-state index contributed by atoms with van der Waals surface area (Å²) in [6.45, 7) is 3.87. The van der Waals surface area contributed by atoms with Crippen molar-refractivity contribution in [1.82, 2.24) is 5.32 Å². The first-order chi connectivity index (χ1) is 8.49. The normalized spacial score (nSPS) is 12.4. The third-order valence-corrected chi connectivity index (χ3v) is 4.31. The van der Waals surface area contributed by atoms with Gasteiger partial charge in [0.05, 0.1) is 9.96 Å². The topological polar surface area (TPSA) is 66.4 Å². The summed E-state index contributed by atoms with van der Waals surface area (Å²) in [5.41, 5.74) is 0. The van der Waals surface area contributed by atoms with Gasteiger partial charge >= 0.3 is 5.97 Å². The van der Waals surface area contributed by atoms with Crippen LogP contribution in [0.1, 0.15) is 20.3 Å². The van der Waals surface area contributed by atoms with Crippen LogP contribution in [0.25, 0.3) is 0 Å². The molecule has 0 spiro atoms. The zero-order valence-electron chi connectivity index (χ0n) is 10.4. The molecule has 1 heterocycles. The summed E-state index contributed by atoms with van der Waals surface area (Å²) in [5, 5.41) is 13.5. The summed E-state index contributed by atoms with van der Waals surface area (Å²) in [6, 6.07) is 3.07. The number of carboxylic acids is 1. The molecule has 0 fully saturated rings. The van der Waals surface area contributed by atoms with Gasteiger partial charge in [-0.3, -0.25) is 4.79 Å². The molecule has 1 aromatic heterocycles. The molecule has 1 unspecified atom stereocenters. The van der Waals surface area contributed by atoms with Gasteiger partial charge in [-0.2, -0.15) is 0 Å². The smallest absolute Gasteiger partial charge is 0.326 e. The standard InChI is InChI=1S/C12H17NO3S2/c1-8(2)6-9(12(15)16)13-10(14)7-18-11-4-3-5-17-11/h3-5,8-9H,6-7H2,1-2H3,(H,13,14)(H,15,16). The number of hydrogen-bond acceptors (Lipinski definition) is 4. The molecule has 0 aliphatic rings. The van der Waals surface area contributed by atoms with Crippen molar-refractivity contribution < 1.29 is 14.7 Å². The first kappa shape index (κ1) is 15.0. The van der Waals surface area contributed by atoms with Crippen molar-refractivity contribution in [1.29, 1.82) is 0 Å². The van der Waals surface area contributed by atoms with Crippen LogP contribution in [0, 0.1) is 5.92 Å². The summed E-state index contributed by atoms with van der Waals surface area (Å²) in [7, 11) is 0. The highest BCUT2D eigenvalue weighted by Crippen LogP contribution is 2.22. The van der Waals surface area contributed by atoms with E-state index >= 15 is 0 Å². The third kappa shape index (κ3) is 5.55. The Morgan fingerprint density at radius 3 is 2.72 bits per heavy atom. The molecule has 0 aliphatic carbocycles. The van der Waals surface area contributed by atoms with Crippen molar-refractivity contribution in [3.8, 4) is 0 Å². The molecular formula is C12H17NO3S2. The highest BCUT2D eigenvalue weighted by atomic mass is 32.2. The minimum absolute atomic E-state index is 0.233. The van der Waals surface area contributed by atoms with Gasteiger partial charge in [0, 0.05) is 0 Å². The van der Waals surface area contributed by atoms with Gasteiger partial charge in [0.15, 0.2) is 0 Å². The predicted molar refractivity (Wildman–Crippen MR) is 74.1 cm³/mol. The van der Waals surface area contributed by atoms with E-state index in [4.69, 9.17) is 5.11 Å². The van der Waals surface area contributed by atoms with E-state index in [0.717, 1.165) is 4.21 Å². The van der Waals surface area contributed by atoms with E-state index in [1.54, 1.807) is 11.3 Å². The van der Waals surface area contributed by atoms with E-state index in [0.29, 0.717) is 6.42 Å². The monoisotopic (exact) mass is 287 g/mol. The molecule has 0 saturated carbocycles. The highest BCUT2D eigenvalue weighted by molar-refractivity contribution is 8.01. The lowest BCUT2D eigenvalue weighted by molar-refractivity contribution is -0.141. The number of amides is 1. The molecule has 100 valence electrons. The van der Waals surface area contributed by atoms with Crippen LogP contribution in [0.15, 0.2) is 21.7 Å². The molecule has 1 rings (SSSR count). The van der Waals surface area contributed by atoms with E-state index in [-0.39, 0.29) is 17.6 Å². The molecule has 1 aromatic rings. The summed E-state index contributed by atoms with van der Waals surface area (Å²) in [4.78, 5) is 22.6. The maximum Gasteiger partial charge on any atom is 0.326 e. The number of hydrogen-bond donors (Lipinski definition) is 2. The van der Waals surface area contributed by atoms with Crippen molar-refractivity contribution in [2.24, 2.45) is 5.92 Å². The first-order valence-corrected chi connectivity index (χ1v) is 7.54. The SMILES string of the molecule is CC(C)CC(NC(=O)CSc1cccs1)C(=O)O. The molecule has 1 amide bonds. The lowest BCUT2D eigenvalue weighted by atomic mass is 10.0. The van der Waals surface area contributed by atoms with Crippen LogP contribution in [0.3, 0.4) is 0 Å². The van der Waals surface area contributed by atoms with Crippen molar-refractivity contribution in [3.63, 3.8) is 0 Å². The molecule has 0 saturated heterocycles. The molecule has 0 bridgehead atoms. The number of thioether (sulfide) groups is 1. The maximum absolute atomic E-state index is 11.6. The number of rotatable bonds is 7. The van der Waals surface area contributed by atoms with E-state index in [2.05, 4.69) is 5.32 Å². The molecule has 0 aromatic carbocycles. The molecular weight excluding hydrogens is 270 g/mol. The van der Waals surface area contributed by atoms with Crippen molar-refractivity contribution in [2.75, 3.05) is 5.75 Å². The summed E-state index contributed by atoms with van der Waals surface area (Å²) in [6.07, 6.45) is 0.449. The van der Waals surface area contributed by atoms with Crippen LogP contribution in [0.5, 0.6) is 0 Å². The van der Waals surface area contributed by atoms with Gasteiger partial charge in [-0.05, 0) is 23.8 Å². The van der Waals surface area contributed by atoms with E-state index in [9.17, 15) is 9.59 Å². The Bertz CT molecular complexity index is 390. The van der Waals surface area contributed by atoms with Crippen LogP contribution in [0.2, 0.25) is 0 Å². The van der Waals surface area contributed by atoms with Gasteiger partial charge in [0.25, 0.3) is 0 Å². The van der Waals surface area contributed by atoms with E-state index < -0.39 is 12.0 Å². The fraction of sp³-hybridized carbons (Fsp3) is 0.500. The number of nitrogens with one attached hydrogen (secondary N) is 1. The average molecular weight is 287 g/mol. The number of thiophene rings is 1. The summed E-state index contributed by atoms with van der Waals surface area (Å²) in [5.74, 6) is -0.724. The lowest BCUT2D eigenvalue weighted by Gasteiger charge is -2.16. The Hall–Kier alpha value is -1.01. The zero-order chi connectivity index (χ0) is 13.5. The Balaban J connectivity index is 2.39. The molecule has 4 nitrogen and oxygen atoms in total. The highest BCUT2D eigenvalue weighted by Gasteiger charge is 2.20. The van der Waals surface area contributed by atoms with Gasteiger partial charge in [-0.15, -0.1) is 23.1 Å². The fourth-order valence-corrected chi connectivity index (χ4v) is 3.01. The van der Waals surface area contributed by atoms with E-state index in [1.165, 1.54) is 11.8 Å².